The molecule has 0 aliphatic carbocycles. The number of hydrogen-bond acceptors (Lipinski definition) is 4. The Kier molecular flexibility index (Phi) is 6.18. The molecular weight excluding hydrogens is 258 g/mol. The summed E-state index contributed by atoms with van der Waals surface area (Å²) < 4.78 is 10.6. The van der Waals surface area contributed by atoms with Crippen molar-refractivity contribution in [3.63, 3.8) is 0 Å². The largest absolute Gasteiger partial charge is 0.485 e. The van der Waals surface area contributed by atoms with Crippen LogP contribution in [0.5, 0.6) is 5.75 Å². The van der Waals surface area contributed by atoms with Crippen LogP contribution in [0, 0.1) is 10.1 Å². The monoisotopic (exact) mass is 271 g/mol. The van der Waals surface area contributed by atoms with Gasteiger partial charge in [0.1, 0.15) is 6.61 Å². The molecule has 0 aliphatic rings. The molecule has 1 aromatic rings. The summed E-state index contributed by atoms with van der Waals surface area (Å²) in [5.41, 5.74) is 0.538. The van der Waals surface area contributed by atoms with Crippen LogP contribution in [0.15, 0.2) is 30.9 Å². The van der Waals surface area contributed by atoms with E-state index in [2.05, 4.69) is 6.58 Å². The van der Waals surface area contributed by atoms with Gasteiger partial charge in [0.05, 0.1) is 24.0 Å². The summed E-state index contributed by atoms with van der Waals surface area (Å²) in [6.45, 7) is 4.34. The third-order valence-corrected chi connectivity index (χ3v) is 2.24. The van der Waals surface area contributed by atoms with Crippen molar-refractivity contribution in [3.8, 4) is 5.75 Å². The molecule has 0 unspecified atom stereocenters. The van der Waals surface area contributed by atoms with E-state index in [4.69, 9.17) is 21.1 Å². The van der Waals surface area contributed by atoms with Gasteiger partial charge in [-0.05, 0) is 0 Å². The lowest BCUT2D eigenvalue weighted by Crippen LogP contribution is -2.05. The van der Waals surface area contributed by atoms with Crippen LogP contribution in [0.3, 0.4) is 0 Å². The van der Waals surface area contributed by atoms with Crippen molar-refractivity contribution in [2.24, 2.45) is 0 Å². The summed E-state index contributed by atoms with van der Waals surface area (Å²) in [7, 11) is 0. The van der Waals surface area contributed by atoms with Crippen LogP contribution in [0.2, 0.25) is 0 Å². The van der Waals surface area contributed by atoms with Crippen molar-refractivity contribution in [2.75, 3.05) is 19.1 Å². The smallest absolute Gasteiger partial charge is 0.311 e. The Labute approximate surface area is 110 Å². The zero-order chi connectivity index (χ0) is 13.4. The summed E-state index contributed by atoms with van der Waals surface area (Å²) in [6, 6.07) is 4.71. The van der Waals surface area contributed by atoms with Crippen LogP contribution in [0.1, 0.15) is 5.56 Å². The first-order chi connectivity index (χ1) is 8.70. The predicted octanol–water partition coefficient (Wildman–Crippen LogP) is 2.92. The van der Waals surface area contributed by atoms with Crippen molar-refractivity contribution < 1.29 is 14.4 Å². The van der Waals surface area contributed by atoms with E-state index in [0.29, 0.717) is 12.2 Å². The molecule has 6 heteroatoms. The van der Waals surface area contributed by atoms with Gasteiger partial charge in [-0.25, -0.2) is 0 Å². The van der Waals surface area contributed by atoms with Gasteiger partial charge in [0.15, 0.2) is 0 Å². The fourth-order valence-electron chi connectivity index (χ4n) is 1.39. The Morgan fingerprint density at radius 1 is 1.50 bits per heavy atom. The fourth-order valence-corrected chi connectivity index (χ4v) is 1.47. The van der Waals surface area contributed by atoms with E-state index in [9.17, 15) is 10.1 Å². The summed E-state index contributed by atoms with van der Waals surface area (Å²) in [4.78, 5) is 10.4. The van der Waals surface area contributed by atoms with Gasteiger partial charge in [-0.3, -0.25) is 10.1 Å². The van der Waals surface area contributed by atoms with Gasteiger partial charge in [0.2, 0.25) is 5.75 Å². The van der Waals surface area contributed by atoms with Crippen LogP contribution >= 0.6 is 11.6 Å². The number of benzene rings is 1. The minimum atomic E-state index is -0.486. The van der Waals surface area contributed by atoms with Gasteiger partial charge in [-0.2, -0.15) is 0 Å². The average molecular weight is 272 g/mol. The molecule has 18 heavy (non-hydrogen) atoms. The quantitative estimate of drug-likeness (QED) is 0.240. The molecule has 0 N–H and O–H groups in total. The lowest BCUT2D eigenvalue weighted by atomic mass is 10.2. The third-order valence-electron chi connectivity index (χ3n) is 2.09. The molecule has 0 radical (unpaired) electrons. The first-order valence-corrected chi connectivity index (χ1v) is 5.87. The molecule has 0 amide bonds. The Morgan fingerprint density at radius 2 is 2.28 bits per heavy atom. The summed E-state index contributed by atoms with van der Waals surface area (Å²) in [6.07, 6.45) is 1.61. The lowest BCUT2D eigenvalue weighted by Gasteiger charge is -2.10. The minimum Gasteiger partial charge on any atom is -0.485 e. The van der Waals surface area contributed by atoms with Crippen LogP contribution in [0.25, 0.3) is 0 Å². The zero-order valence-electron chi connectivity index (χ0n) is 9.80. The Bertz CT molecular complexity index is 423. The minimum absolute atomic E-state index is 0.0835. The number of ether oxygens (including phenoxy) is 2. The number of para-hydroxylation sites is 1. The molecule has 1 aromatic carbocycles. The van der Waals surface area contributed by atoms with Crippen LogP contribution in [-0.4, -0.2) is 24.0 Å². The van der Waals surface area contributed by atoms with Gasteiger partial charge in [0.25, 0.3) is 0 Å². The maximum atomic E-state index is 10.9. The molecule has 5 nitrogen and oxygen atoms in total. The number of nitro benzene ring substituents is 1. The van der Waals surface area contributed by atoms with Gasteiger partial charge < -0.3 is 9.47 Å². The molecule has 0 saturated carbocycles. The van der Waals surface area contributed by atoms with Gasteiger partial charge in [-0.15, -0.1) is 18.2 Å². The highest BCUT2D eigenvalue weighted by molar-refractivity contribution is 6.18. The predicted molar refractivity (Wildman–Crippen MR) is 69.2 cm³/mol. The summed E-state index contributed by atoms with van der Waals surface area (Å²) >= 11 is 5.52. The van der Waals surface area contributed by atoms with Gasteiger partial charge in [-0.1, -0.05) is 18.2 Å². The van der Waals surface area contributed by atoms with E-state index in [1.807, 2.05) is 0 Å². The average Bonchev–Trinajstić information content (AvgIpc) is 2.37. The van der Waals surface area contributed by atoms with Gasteiger partial charge in [0, 0.05) is 11.6 Å². The van der Waals surface area contributed by atoms with Crippen molar-refractivity contribution in [1.82, 2.24) is 0 Å². The standard InChI is InChI=1S/C12H14ClNO4/c1-2-7-17-9-10-4-3-5-11(14(15)16)12(10)18-8-6-13/h2-5H,1,6-9H2. The maximum absolute atomic E-state index is 10.9. The van der Waals surface area contributed by atoms with E-state index in [0.717, 1.165) is 0 Å². The number of nitrogens with zero attached hydrogens (tertiary/aromatic N) is 1. The van der Waals surface area contributed by atoms with E-state index in [-0.39, 0.29) is 30.5 Å². The second-order valence-electron chi connectivity index (χ2n) is 3.36. The SMILES string of the molecule is C=CCOCc1cccc([N+](=O)[O-])c1OCCCl. The summed E-state index contributed by atoms with van der Waals surface area (Å²) in [5, 5.41) is 10.9. The molecule has 0 saturated heterocycles. The number of nitro groups is 1. The van der Waals surface area contributed by atoms with E-state index >= 15 is 0 Å². The molecule has 0 bridgehead atoms. The third kappa shape index (κ3) is 4.01. The number of hydrogen-bond donors (Lipinski definition) is 0. The summed E-state index contributed by atoms with van der Waals surface area (Å²) in [5.74, 6) is 0.478. The van der Waals surface area contributed by atoms with Crippen molar-refractivity contribution in [1.29, 1.82) is 0 Å². The number of rotatable bonds is 8. The second kappa shape index (κ2) is 7.68. The van der Waals surface area contributed by atoms with Crippen molar-refractivity contribution in [3.05, 3.63) is 46.5 Å². The highest BCUT2D eigenvalue weighted by Gasteiger charge is 2.18. The first-order valence-electron chi connectivity index (χ1n) is 5.34. The highest BCUT2D eigenvalue weighted by atomic mass is 35.5. The van der Waals surface area contributed by atoms with Crippen LogP contribution in [0.4, 0.5) is 5.69 Å². The fraction of sp³-hybridized carbons (Fsp3) is 0.333. The first kappa shape index (κ1) is 14.5. The molecule has 0 aliphatic heterocycles. The van der Waals surface area contributed by atoms with E-state index < -0.39 is 4.92 Å². The van der Waals surface area contributed by atoms with Crippen molar-refractivity contribution >= 4 is 17.3 Å². The molecule has 0 fully saturated rings. The second-order valence-corrected chi connectivity index (χ2v) is 3.74. The van der Waals surface area contributed by atoms with Crippen LogP contribution < -0.4 is 4.74 Å². The van der Waals surface area contributed by atoms with E-state index in [1.165, 1.54) is 6.07 Å². The normalized spacial score (nSPS) is 10.1. The van der Waals surface area contributed by atoms with Gasteiger partial charge >= 0.3 is 5.69 Å². The molecule has 1 rings (SSSR count). The number of halogens is 1. The Hall–Kier alpha value is -1.59. The molecular formula is C12H14ClNO4. The molecule has 0 spiro atoms. The maximum Gasteiger partial charge on any atom is 0.311 e. The molecule has 0 atom stereocenters. The van der Waals surface area contributed by atoms with Crippen molar-refractivity contribution in [2.45, 2.75) is 6.61 Å². The van der Waals surface area contributed by atoms with Crippen LogP contribution in [-0.2, 0) is 11.3 Å². The molecule has 0 aromatic heterocycles. The molecule has 98 valence electrons. The lowest BCUT2D eigenvalue weighted by molar-refractivity contribution is -0.385. The Balaban J connectivity index is 2.95. The highest BCUT2D eigenvalue weighted by Crippen LogP contribution is 2.31. The topological polar surface area (TPSA) is 61.6 Å². The Morgan fingerprint density at radius 3 is 2.89 bits per heavy atom. The zero-order valence-corrected chi connectivity index (χ0v) is 10.6. The van der Waals surface area contributed by atoms with E-state index in [1.54, 1.807) is 18.2 Å². The number of alkyl halides is 1. The molecule has 0 heterocycles.